The first-order valence-electron chi connectivity index (χ1n) is 10.6. The molecule has 4 nitrogen and oxygen atoms in total. The van der Waals surface area contributed by atoms with Crippen molar-refractivity contribution in [2.24, 2.45) is 7.05 Å². The summed E-state index contributed by atoms with van der Waals surface area (Å²) in [7, 11) is 2.19. The van der Waals surface area contributed by atoms with Crippen LogP contribution in [0, 0.1) is 0 Å². The van der Waals surface area contributed by atoms with Gasteiger partial charge < -0.3 is 9.47 Å². The number of fused-ring (bicyclic) bond motifs is 5. The Balaban J connectivity index is 1.41. The van der Waals surface area contributed by atoms with Crippen molar-refractivity contribution < 1.29 is 4.79 Å². The average Bonchev–Trinajstić information content (AvgIpc) is 3.49. The lowest BCUT2D eigenvalue weighted by molar-refractivity contribution is 0.0402. The average molecular weight is 371 g/mol. The first-order chi connectivity index (χ1) is 13.7. The fraction of sp³-hybridized carbons (Fsp3) is 0.417. The van der Waals surface area contributed by atoms with Gasteiger partial charge in [-0.1, -0.05) is 6.07 Å². The first-order valence-corrected chi connectivity index (χ1v) is 10.6. The number of aromatic nitrogens is 2. The number of rotatable bonds is 2. The van der Waals surface area contributed by atoms with Gasteiger partial charge in [0, 0.05) is 42.1 Å². The van der Waals surface area contributed by atoms with E-state index >= 15 is 0 Å². The molecule has 1 aromatic carbocycles. The van der Waals surface area contributed by atoms with Crippen LogP contribution in [0.2, 0.25) is 0 Å². The molecule has 0 radical (unpaired) electrons. The van der Waals surface area contributed by atoms with E-state index in [0.29, 0.717) is 6.04 Å². The lowest BCUT2D eigenvalue weighted by Crippen LogP contribution is -2.49. The van der Waals surface area contributed by atoms with Gasteiger partial charge in [0.25, 0.3) is 5.91 Å². The number of aryl methyl sites for hydroxylation is 1. The number of hydrogen-bond acceptors (Lipinski definition) is 2. The van der Waals surface area contributed by atoms with Crippen LogP contribution in [0.4, 0.5) is 0 Å². The zero-order valence-electron chi connectivity index (χ0n) is 16.3. The van der Waals surface area contributed by atoms with Crippen LogP contribution in [0.1, 0.15) is 71.2 Å². The fourth-order valence-electron chi connectivity index (χ4n) is 5.60. The summed E-state index contributed by atoms with van der Waals surface area (Å²) in [5, 5.41) is 1.03. The third-order valence-corrected chi connectivity index (χ3v) is 6.96. The minimum Gasteiger partial charge on any atom is -0.354 e. The van der Waals surface area contributed by atoms with Crippen LogP contribution in [0.3, 0.4) is 0 Å². The van der Waals surface area contributed by atoms with Gasteiger partial charge in [-0.2, -0.15) is 0 Å². The molecule has 28 heavy (non-hydrogen) atoms. The van der Waals surface area contributed by atoms with Crippen molar-refractivity contribution >= 4 is 16.8 Å². The first kappa shape index (κ1) is 16.3. The maximum absolute atomic E-state index is 13.6. The van der Waals surface area contributed by atoms with Crippen LogP contribution in [-0.4, -0.2) is 26.4 Å². The van der Waals surface area contributed by atoms with Crippen LogP contribution in [0.15, 0.2) is 42.7 Å². The summed E-state index contributed by atoms with van der Waals surface area (Å²) >= 11 is 0. The van der Waals surface area contributed by atoms with Gasteiger partial charge in [0.05, 0.1) is 11.6 Å². The Bertz CT molecular complexity index is 1090. The van der Waals surface area contributed by atoms with Gasteiger partial charge >= 0.3 is 0 Å². The van der Waals surface area contributed by atoms with E-state index in [1.807, 2.05) is 30.3 Å². The van der Waals surface area contributed by atoms with Gasteiger partial charge in [-0.05, 0) is 79.8 Å². The molecule has 1 saturated heterocycles. The number of carbonyl (C=O) groups excluding carboxylic acids is 1. The number of piperidine rings is 1. The highest BCUT2D eigenvalue weighted by Crippen LogP contribution is 2.49. The number of nitrogens with zero attached hydrogens (tertiary/aromatic N) is 3. The van der Waals surface area contributed by atoms with E-state index in [2.05, 4.69) is 27.7 Å². The van der Waals surface area contributed by atoms with E-state index in [9.17, 15) is 4.79 Å². The van der Waals surface area contributed by atoms with Gasteiger partial charge in [0.2, 0.25) is 0 Å². The molecule has 2 atom stereocenters. The number of hydrogen-bond donors (Lipinski definition) is 0. The molecule has 3 aliphatic rings. The number of carbonyl (C=O) groups is 1. The molecule has 2 aromatic heterocycles. The van der Waals surface area contributed by atoms with Crippen molar-refractivity contribution in [3.63, 3.8) is 0 Å². The second-order valence-corrected chi connectivity index (χ2v) is 8.76. The predicted molar refractivity (Wildman–Crippen MR) is 109 cm³/mol. The standard InChI is InChI=1S/C24H25N3O/c1-26-14-20-19(23(26)15-7-8-15)13-18-5-2-6-22(20)27(18)24(28)17-9-10-21-16(12-17)4-3-11-25-21/h3-4,9-12,14-15,18,22H,2,5-8,13H2,1H3/t18-,22+/m0/s1. The Morgan fingerprint density at radius 2 is 2.04 bits per heavy atom. The van der Waals surface area contributed by atoms with E-state index in [4.69, 9.17) is 0 Å². The molecule has 4 heterocycles. The van der Waals surface area contributed by atoms with Gasteiger partial charge in [-0.25, -0.2) is 0 Å². The van der Waals surface area contributed by atoms with Crippen molar-refractivity contribution in [3.8, 4) is 0 Å². The van der Waals surface area contributed by atoms with Crippen LogP contribution in [-0.2, 0) is 13.5 Å². The molecular formula is C24H25N3O. The molecule has 2 bridgehead atoms. The molecule has 1 amide bonds. The Morgan fingerprint density at radius 1 is 1.14 bits per heavy atom. The molecule has 4 heteroatoms. The molecule has 1 aliphatic carbocycles. The van der Waals surface area contributed by atoms with Crippen molar-refractivity contribution in [2.45, 2.75) is 56.5 Å². The third kappa shape index (κ3) is 2.36. The summed E-state index contributed by atoms with van der Waals surface area (Å²) in [6.45, 7) is 0. The summed E-state index contributed by atoms with van der Waals surface area (Å²) in [6.07, 6.45) is 11.2. The molecule has 142 valence electrons. The highest BCUT2D eigenvalue weighted by molar-refractivity contribution is 5.98. The maximum atomic E-state index is 13.6. The lowest BCUT2D eigenvalue weighted by Gasteiger charge is -2.46. The Hall–Kier alpha value is -2.62. The van der Waals surface area contributed by atoms with E-state index in [1.54, 1.807) is 17.5 Å². The Labute approximate surface area is 165 Å². The van der Waals surface area contributed by atoms with Crippen LogP contribution in [0.25, 0.3) is 10.9 Å². The quantitative estimate of drug-likeness (QED) is 0.652. The van der Waals surface area contributed by atoms with Gasteiger partial charge in [0.1, 0.15) is 0 Å². The topological polar surface area (TPSA) is 38.1 Å². The third-order valence-electron chi connectivity index (χ3n) is 6.96. The molecule has 3 aromatic rings. The summed E-state index contributed by atoms with van der Waals surface area (Å²) in [5.74, 6) is 0.938. The normalized spacial score (nSPS) is 23.7. The highest BCUT2D eigenvalue weighted by Gasteiger charge is 2.43. The van der Waals surface area contributed by atoms with Gasteiger partial charge in [-0.15, -0.1) is 0 Å². The smallest absolute Gasteiger partial charge is 0.254 e. The summed E-state index contributed by atoms with van der Waals surface area (Å²) < 4.78 is 2.35. The molecular weight excluding hydrogens is 346 g/mol. The molecule has 2 aliphatic heterocycles. The predicted octanol–water partition coefficient (Wildman–Crippen LogP) is 4.74. The zero-order chi connectivity index (χ0) is 18.8. The van der Waals surface area contributed by atoms with Crippen molar-refractivity contribution in [1.82, 2.24) is 14.5 Å². The minimum absolute atomic E-state index is 0.183. The molecule has 0 unspecified atom stereocenters. The summed E-state index contributed by atoms with van der Waals surface area (Å²) in [5.41, 5.74) is 6.26. The summed E-state index contributed by atoms with van der Waals surface area (Å²) in [6, 6.07) is 10.5. The molecule has 0 N–H and O–H groups in total. The molecule has 6 rings (SSSR count). The monoisotopic (exact) mass is 371 g/mol. The Kier molecular flexibility index (Phi) is 3.47. The van der Waals surface area contributed by atoms with Crippen molar-refractivity contribution in [2.75, 3.05) is 0 Å². The second kappa shape index (κ2) is 5.94. The molecule has 2 fully saturated rings. The van der Waals surface area contributed by atoms with E-state index < -0.39 is 0 Å². The fourth-order valence-corrected chi connectivity index (χ4v) is 5.60. The zero-order valence-corrected chi connectivity index (χ0v) is 16.3. The van der Waals surface area contributed by atoms with Crippen molar-refractivity contribution in [1.29, 1.82) is 0 Å². The van der Waals surface area contributed by atoms with E-state index in [0.717, 1.165) is 41.6 Å². The highest BCUT2D eigenvalue weighted by atomic mass is 16.2. The summed E-state index contributed by atoms with van der Waals surface area (Å²) in [4.78, 5) is 20.2. The van der Waals surface area contributed by atoms with Gasteiger partial charge in [-0.3, -0.25) is 9.78 Å². The lowest BCUT2D eigenvalue weighted by atomic mass is 9.80. The van der Waals surface area contributed by atoms with Crippen molar-refractivity contribution in [3.05, 3.63) is 65.1 Å². The maximum Gasteiger partial charge on any atom is 0.254 e. The second-order valence-electron chi connectivity index (χ2n) is 8.76. The number of pyridine rings is 1. The number of amides is 1. The minimum atomic E-state index is 0.183. The van der Waals surface area contributed by atoms with Gasteiger partial charge in [0.15, 0.2) is 0 Å². The Morgan fingerprint density at radius 3 is 2.89 bits per heavy atom. The van der Waals surface area contributed by atoms with Crippen LogP contribution >= 0.6 is 0 Å². The van der Waals surface area contributed by atoms with E-state index in [1.165, 1.54) is 24.8 Å². The molecule has 0 spiro atoms. The molecule has 1 saturated carbocycles. The largest absolute Gasteiger partial charge is 0.354 e. The van der Waals surface area contributed by atoms with E-state index in [-0.39, 0.29) is 11.9 Å². The number of benzene rings is 1. The van der Waals surface area contributed by atoms with Crippen LogP contribution in [0.5, 0.6) is 0 Å². The van der Waals surface area contributed by atoms with Crippen LogP contribution < -0.4 is 0 Å². The SMILES string of the molecule is Cn1cc2c(c1C1CC1)C[C@@H]1CCC[C@H]2N1C(=O)c1ccc2ncccc2c1.